The minimum atomic E-state index is -1.30. The first-order valence-electron chi connectivity index (χ1n) is 36.8. The van der Waals surface area contributed by atoms with Gasteiger partial charge in [0.05, 0.1) is 68.0 Å². The van der Waals surface area contributed by atoms with Gasteiger partial charge in [0.25, 0.3) is 0 Å². The quantitative estimate of drug-likeness (QED) is 0.00794. The Morgan fingerprint density at radius 1 is 0.710 bits per heavy atom. The number of carbonyl (C=O) groups excluding carboxylic acids is 11. The molecule has 1 aliphatic heterocycles. The zero-order chi connectivity index (χ0) is 79.4. The van der Waals surface area contributed by atoms with Crippen molar-refractivity contribution in [1.82, 2.24) is 41.3 Å². The number of alkyl carbamates (subject to hydrolysis) is 1. The molecule has 0 aliphatic carbocycles. The van der Waals surface area contributed by atoms with Crippen molar-refractivity contribution in [2.75, 3.05) is 55.1 Å². The number of ether oxygens (including phenoxy) is 5. The molecule has 28 heteroatoms. The Morgan fingerprint density at radius 2 is 1.35 bits per heavy atom. The van der Waals surface area contributed by atoms with Gasteiger partial charge in [0, 0.05) is 71.5 Å². The molecule has 0 bridgehead atoms. The van der Waals surface area contributed by atoms with Gasteiger partial charge in [0.2, 0.25) is 35.4 Å². The Labute approximate surface area is 628 Å². The second-order valence-electron chi connectivity index (χ2n) is 29.4. The van der Waals surface area contributed by atoms with E-state index in [2.05, 4.69) is 36.6 Å². The number of carbonyl (C=O) groups is 11. The van der Waals surface area contributed by atoms with Crippen LogP contribution in [0.1, 0.15) is 156 Å². The van der Waals surface area contributed by atoms with Crippen molar-refractivity contribution in [3.05, 3.63) is 130 Å². The highest BCUT2D eigenvalue weighted by Gasteiger charge is 2.44. The lowest BCUT2D eigenvalue weighted by atomic mass is 9.89. The van der Waals surface area contributed by atoms with Crippen molar-refractivity contribution in [1.29, 1.82) is 0 Å². The molecule has 28 nitrogen and oxygen atoms in total. The normalized spacial score (nSPS) is 16.3. The summed E-state index contributed by atoms with van der Waals surface area (Å²) in [5.41, 5.74) is 10.3. The first kappa shape index (κ1) is 88.1. The number of esters is 1. The third-order valence-electron chi connectivity index (χ3n) is 19.6. The molecule has 8 amide bonds. The average Bonchev–Trinajstić information content (AvgIpc) is 1.77. The number of hydrogen-bond acceptors (Lipinski definition) is 18. The van der Waals surface area contributed by atoms with E-state index in [1.54, 1.807) is 116 Å². The Bertz CT molecular complexity index is 3700. The second kappa shape index (κ2) is 42.7. The summed E-state index contributed by atoms with van der Waals surface area (Å²) in [5.74, 6) is -7.84. The summed E-state index contributed by atoms with van der Waals surface area (Å²) >= 11 is 0. The van der Waals surface area contributed by atoms with E-state index in [1.807, 2.05) is 74.5 Å². The van der Waals surface area contributed by atoms with E-state index < -0.39 is 156 Å². The molecule has 586 valence electrons. The van der Waals surface area contributed by atoms with E-state index >= 15 is 0 Å². The third-order valence-corrected chi connectivity index (χ3v) is 19.6. The van der Waals surface area contributed by atoms with E-state index in [0.29, 0.717) is 48.1 Å². The molecule has 5 rings (SSSR count). The van der Waals surface area contributed by atoms with Gasteiger partial charge in [-0.05, 0) is 116 Å². The SMILES string of the molecule is CC[C@H](C)[C@@H]([C@@H](CC(=O)N1CCC[C@H]1[C@H](OC)[C@@H](C)C(=O)N[C@H](C)[C@@H](O)c1ccccc1)OC)N(C)C(=O)[C@@H](NC(=O)[C@H](C(C)C)N(C)C(=O)OCc1ccc(CC(=O)[C@H](CCNC(=O)OC(C)(C)C)NC(=O)[C@@H](CC(=O)[C@H](CCC(=O)OC)NC(=O)CN=[N+]=[N-])Cc2ccc3ccccc3c2)cc1)C(C)C. The molecular formula is C79H113N11O17. The summed E-state index contributed by atoms with van der Waals surface area (Å²) in [4.78, 5) is 160. The number of nitrogens with one attached hydrogen (secondary N) is 5. The maximum atomic E-state index is 14.9. The number of likely N-dealkylation sites (tertiary alicyclic amines) is 1. The van der Waals surface area contributed by atoms with Crippen molar-refractivity contribution in [2.24, 2.45) is 34.7 Å². The highest BCUT2D eigenvalue weighted by atomic mass is 16.6. The summed E-state index contributed by atoms with van der Waals surface area (Å²) in [6.07, 6.45) is -3.56. The Morgan fingerprint density at radius 3 is 1.95 bits per heavy atom. The maximum absolute atomic E-state index is 14.9. The van der Waals surface area contributed by atoms with Crippen molar-refractivity contribution in [3.8, 4) is 0 Å². The predicted molar refractivity (Wildman–Crippen MR) is 402 cm³/mol. The van der Waals surface area contributed by atoms with Gasteiger partial charge in [-0.3, -0.25) is 48.1 Å². The summed E-state index contributed by atoms with van der Waals surface area (Å²) in [6.45, 7) is 19.0. The zero-order valence-electron chi connectivity index (χ0n) is 65.0. The lowest BCUT2D eigenvalue weighted by molar-refractivity contribution is -0.148. The van der Waals surface area contributed by atoms with Gasteiger partial charge in [-0.1, -0.05) is 157 Å². The molecule has 0 aromatic heterocycles. The number of azide groups is 1. The van der Waals surface area contributed by atoms with Crippen molar-refractivity contribution < 1.29 is 81.5 Å². The van der Waals surface area contributed by atoms with Crippen LogP contribution in [-0.2, 0) is 86.3 Å². The number of benzene rings is 4. The molecule has 1 fully saturated rings. The number of amides is 8. The topological polar surface area (TPSA) is 373 Å². The van der Waals surface area contributed by atoms with E-state index in [0.717, 1.165) is 10.8 Å². The standard InChI is InChI=1S/C79H113N11O17/c1-17-49(6)70(64(103-14)44-66(94)90-39-23-28-61(90)72(105-16)50(7)73(97)83-51(8)71(96)56-25-19-18-20-26-56)88(12)76(100)68(47(2)3)86-75(99)69(48(4)5)89(13)78(102)106-46-53-31-29-52(30-32-53)42-62(91)60(37-38-81-77(101)107-79(9,10)11)85-74(98)58(41-54-33-34-55-24-21-22-27-57(55)40-54)43-63(92)59(35-36-67(95)104-15)84-65(93)45-82-87-80/h18-22,24-27,29-34,40,47-51,58-61,64,68-72,96H,17,23,28,35-39,41-46H2,1-16H3,(H,81,101)(H,83,97)(H,84,93)(H,85,98)(H,86,99)/t49-,50+,51+,58+,59-,60-,61-,64+,68-,69-,70-,71+,72+/m0/s1. The van der Waals surface area contributed by atoms with E-state index in [9.17, 15) is 57.8 Å². The number of aliphatic hydroxyl groups excluding tert-OH is 1. The van der Waals surface area contributed by atoms with Gasteiger partial charge >= 0.3 is 18.2 Å². The Hall–Kier alpha value is -9.50. The van der Waals surface area contributed by atoms with E-state index in [4.69, 9.17) is 29.2 Å². The van der Waals surface area contributed by atoms with Crippen molar-refractivity contribution in [2.45, 2.75) is 213 Å². The minimum Gasteiger partial charge on any atom is -0.469 e. The van der Waals surface area contributed by atoms with E-state index in [1.165, 1.54) is 33.3 Å². The zero-order valence-corrected chi connectivity index (χ0v) is 65.0. The smallest absolute Gasteiger partial charge is 0.410 e. The molecule has 13 atom stereocenters. The predicted octanol–water partition coefficient (Wildman–Crippen LogP) is 8.81. The Kier molecular flexibility index (Phi) is 35.2. The third kappa shape index (κ3) is 26.7. The first-order valence-corrected chi connectivity index (χ1v) is 36.8. The maximum Gasteiger partial charge on any atom is 0.410 e. The molecule has 1 saturated heterocycles. The van der Waals surface area contributed by atoms with E-state index in [-0.39, 0.29) is 69.4 Å². The fraction of sp³-hybridized carbons (Fsp3) is 0.582. The van der Waals surface area contributed by atoms with Crippen LogP contribution in [0.4, 0.5) is 9.59 Å². The molecule has 0 spiro atoms. The van der Waals surface area contributed by atoms with Crippen LogP contribution in [0.2, 0.25) is 0 Å². The van der Waals surface area contributed by atoms with Crippen molar-refractivity contribution in [3.63, 3.8) is 0 Å². The van der Waals surface area contributed by atoms with Crippen LogP contribution in [0, 0.1) is 29.6 Å². The largest absolute Gasteiger partial charge is 0.469 e. The molecule has 0 radical (unpaired) electrons. The van der Waals surface area contributed by atoms with Gasteiger partial charge < -0.3 is 65.2 Å². The van der Waals surface area contributed by atoms with Crippen LogP contribution >= 0.6 is 0 Å². The van der Waals surface area contributed by atoms with Gasteiger partial charge in [-0.15, -0.1) is 0 Å². The molecule has 0 unspecified atom stereocenters. The van der Waals surface area contributed by atoms with Crippen LogP contribution in [0.25, 0.3) is 21.2 Å². The molecule has 1 heterocycles. The number of aliphatic hydroxyl groups is 1. The summed E-state index contributed by atoms with van der Waals surface area (Å²) < 4.78 is 28.1. The van der Waals surface area contributed by atoms with Crippen LogP contribution in [0.5, 0.6) is 0 Å². The summed E-state index contributed by atoms with van der Waals surface area (Å²) in [7, 11) is 7.23. The van der Waals surface area contributed by atoms with Gasteiger partial charge in [-0.2, -0.15) is 0 Å². The molecule has 1 aliphatic rings. The van der Waals surface area contributed by atoms with Crippen LogP contribution in [-0.4, -0.2) is 200 Å². The van der Waals surface area contributed by atoms with Gasteiger partial charge in [0.1, 0.15) is 30.8 Å². The number of ketones is 2. The number of hydrogen-bond donors (Lipinski definition) is 6. The van der Waals surface area contributed by atoms with Gasteiger partial charge in [-0.25, -0.2) is 9.59 Å². The number of fused-ring (bicyclic) bond motifs is 1. The fourth-order valence-corrected chi connectivity index (χ4v) is 13.6. The summed E-state index contributed by atoms with van der Waals surface area (Å²) in [6, 6.07) is 22.3. The molecular weight excluding hydrogens is 1370 g/mol. The number of nitrogens with zero attached hydrogens (tertiary/aromatic N) is 6. The van der Waals surface area contributed by atoms with Crippen LogP contribution in [0.15, 0.2) is 102 Å². The van der Waals surface area contributed by atoms with Crippen LogP contribution in [0.3, 0.4) is 0 Å². The monoisotopic (exact) mass is 1490 g/mol. The van der Waals surface area contributed by atoms with Gasteiger partial charge in [0.15, 0.2) is 11.6 Å². The molecule has 6 N–H and O–H groups in total. The van der Waals surface area contributed by atoms with Crippen molar-refractivity contribution >= 4 is 75.9 Å². The highest BCUT2D eigenvalue weighted by Crippen LogP contribution is 2.31. The summed E-state index contributed by atoms with van der Waals surface area (Å²) in [5, 5.41) is 29.9. The molecule has 107 heavy (non-hydrogen) atoms. The Balaban J connectivity index is 1.28. The molecule has 4 aromatic carbocycles. The number of likely N-dealkylation sites (N-methyl/N-ethyl adjacent to an activating group) is 2. The number of methoxy groups -OCH3 is 3. The fourth-order valence-electron chi connectivity index (χ4n) is 13.6. The number of rotatable bonds is 41. The average molecular weight is 1490 g/mol. The molecule has 0 saturated carbocycles. The highest BCUT2D eigenvalue weighted by molar-refractivity contribution is 5.96. The number of Topliss-reactive ketones (excluding diaryl/α,β-unsaturated/α-hetero) is 2. The lowest BCUT2D eigenvalue weighted by Crippen LogP contribution is -2.60. The van der Waals surface area contributed by atoms with Crippen LogP contribution < -0.4 is 26.6 Å². The first-order chi connectivity index (χ1) is 50.7. The lowest BCUT2D eigenvalue weighted by Gasteiger charge is -2.41. The minimum absolute atomic E-state index is 0.00182. The second-order valence-corrected chi connectivity index (χ2v) is 29.4. The molecule has 4 aromatic rings.